The molecule has 0 aliphatic carbocycles. The standard InChI is InChI=1S/C16H21N5O3/c1-23-12-7-10-11(8-13(12)24-2)19-16(20-14(10)17)21-5-3-9(4-6-21)15(18)22/h7-9H,3-6H2,1-2H3,(H2,18,22)(H2,17,19,20). The molecule has 8 nitrogen and oxygen atoms in total. The number of nitrogen functional groups attached to an aromatic ring is 1. The van der Waals surface area contributed by atoms with Gasteiger partial charge in [-0.05, 0) is 18.9 Å². The molecule has 0 spiro atoms. The summed E-state index contributed by atoms with van der Waals surface area (Å²) < 4.78 is 10.6. The van der Waals surface area contributed by atoms with Crippen LogP contribution in [-0.2, 0) is 4.79 Å². The topological polar surface area (TPSA) is 117 Å². The number of fused-ring (bicyclic) bond motifs is 1. The molecule has 3 rings (SSSR count). The van der Waals surface area contributed by atoms with Crippen LogP contribution in [0.1, 0.15) is 12.8 Å². The molecule has 24 heavy (non-hydrogen) atoms. The first-order valence-electron chi connectivity index (χ1n) is 7.77. The number of rotatable bonds is 4. The molecule has 128 valence electrons. The molecule has 0 bridgehead atoms. The highest BCUT2D eigenvalue weighted by Crippen LogP contribution is 2.34. The smallest absolute Gasteiger partial charge is 0.227 e. The van der Waals surface area contributed by atoms with Crippen molar-refractivity contribution >= 4 is 28.6 Å². The highest BCUT2D eigenvalue weighted by Gasteiger charge is 2.25. The summed E-state index contributed by atoms with van der Waals surface area (Å²) in [6, 6.07) is 3.55. The van der Waals surface area contributed by atoms with Crippen molar-refractivity contribution in [1.29, 1.82) is 0 Å². The van der Waals surface area contributed by atoms with Gasteiger partial charge in [-0.15, -0.1) is 0 Å². The largest absolute Gasteiger partial charge is 0.493 e. The van der Waals surface area contributed by atoms with Crippen molar-refractivity contribution in [3.05, 3.63) is 12.1 Å². The number of carbonyl (C=O) groups is 1. The fraction of sp³-hybridized carbons (Fsp3) is 0.438. The number of carbonyl (C=O) groups excluding carboxylic acids is 1. The van der Waals surface area contributed by atoms with E-state index in [1.165, 1.54) is 0 Å². The molecule has 4 N–H and O–H groups in total. The van der Waals surface area contributed by atoms with Gasteiger partial charge in [-0.1, -0.05) is 0 Å². The number of benzene rings is 1. The summed E-state index contributed by atoms with van der Waals surface area (Å²) in [6.45, 7) is 1.34. The number of amides is 1. The van der Waals surface area contributed by atoms with E-state index in [0.29, 0.717) is 60.1 Å². The van der Waals surface area contributed by atoms with Crippen LogP contribution in [0.4, 0.5) is 11.8 Å². The van der Waals surface area contributed by atoms with Gasteiger partial charge in [0.05, 0.1) is 19.7 Å². The van der Waals surface area contributed by atoms with Crippen LogP contribution in [0.2, 0.25) is 0 Å². The number of nitrogens with two attached hydrogens (primary N) is 2. The van der Waals surface area contributed by atoms with Gasteiger partial charge in [0.1, 0.15) is 5.82 Å². The summed E-state index contributed by atoms with van der Waals surface area (Å²) in [5.74, 6) is 1.77. The average Bonchev–Trinajstić information content (AvgIpc) is 2.60. The summed E-state index contributed by atoms with van der Waals surface area (Å²) in [7, 11) is 3.14. The fourth-order valence-corrected chi connectivity index (χ4v) is 2.97. The Bertz CT molecular complexity index is 772. The van der Waals surface area contributed by atoms with Crippen LogP contribution in [-0.4, -0.2) is 43.2 Å². The summed E-state index contributed by atoms with van der Waals surface area (Å²) >= 11 is 0. The van der Waals surface area contributed by atoms with E-state index in [1.807, 2.05) is 4.90 Å². The van der Waals surface area contributed by atoms with E-state index in [2.05, 4.69) is 9.97 Å². The van der Waals surface area contributed by atoms with E-state index in [9.17, 15) is 4.79 Å². The Morgan fingerprint density at radius 1 is 1.17 bits per heavy atom. The van der Waals surface area contributed by atoms with Gasteiger partial charge in [-0.25, -0.2) is 4.98 Å². The third-order valence-electron chi connectivity index (χ3n) is 4.40. The number of hydrogen-bond donors (Lipinski definition) is 2. The second kappa shape index (κ2) is 6.38. The number of methoxy groups -OCH3 is 2. The number of nitrogens with zero attached hydrogens (tertiary/aromatic N) is 3. The van der Waals surface area contributed by atoms with E-state index in [0.717, 1.165) is 0 Å². The first-order chi connectivity index (χ1) is 11.5. The third kappa shape index (κ3) is 2.86. The zero-order valence-electron chi connectivity index (χ0n) is 13.8. The average molecular weight is 331 g/mol. The number of piperidine rings is 1. The number of primary amides is 1. The second-order valence-electron chi connectivity index (χ2n) is 5.80. The first kappa shape index (κ1) is 16.1. The monoisotopic (exact) mass is 331 g/mol. The van der Waals surface area contributed by atoms with Crippen LogP contribution >= 0.6 is 0 Å². The maximum atomic E-state index is 11.3. The Kier molecular flexibility index (Phi) is 4.28. The van der Waals surface area contributed by atoms with Gasteiger partial charge >= 0.3 is 0 Å². The molecule has 1 saturated heterocycles. The second-order valence-corrected chi connectivity index (χ2v) is 5.80. The normalized spacial score (nSPS) is 15.5. The maximum absolute atomic E-state index is 11.3. The van der Waals surface area contributed by atoms with Crippen LogP contribution in [0, 0.1) is 5.92 Å². The van der Waals surface area contributed by atoms with E-state index in [-0.39, 0.29) is 11.8 Å². The summed E-state index contributed by atoms with van der Waals surface area (Å²) in [5.41, 5.74) is 12.2. The van der Waals surface area contributed by atoms with Crippen LogP contribution in [0.5, 0.6) is 11.5 Å². The summed E-state index contributed by atoms with van der Waals surface area (Å²) in [4.78, 5) is 22.3. The molecule has 1 aliphatic heterocycles. The van der Waals surface area contributed by atoms with Gasteiger partial charge in [0, 0.05) is 30.5 Å². The van der Waals surface area contributed by atoms with Crippen molar-refractivity contribution in [3.8, 4) is 11.5 Å². The first-order valence-corrected chi connectivity index (χ1v) is 7.77. The van der Waals surface area contributed by atoms with Gasteiger partial charge in [0.15, 0.2) is 11.5 Å². The lowest BCUT2D eigenvalue weighted by atomic mass is 9.96. The van der Waals surface area contributed by atoms with Crippen LogP contribution in [0.25, 0.3) is 10.9 Å². The molecule has 1 fully saturated rings. The molecule has 1 aliphatic rings. The Balaban J connectivity index is 1.94. The van der Waals surface area contributed by atoms with Crippen molar-refractivity contribution in [2.75, 3.05) is 37.9 Å². The SMILES string of the molecule is COc1cc2nc(N3CCC(C(N)=O)CC3)nc(N)c2cc1OC. The van der Waals surface area contributed by atoms with Gasteiger partial charge in [0.2, 0.25) is 11.9 Å². The van der Waals surface area contributed by atoms with Crippen molar-refractivity contribution in [2.24, 2.45) is 11.7 Å². The molecule has 0 radical (unpaired) electrons. The van der Waals surface area contributed by atoms with Crippen molar-refractivity contribution < 1.29 is 14.3 Å². The molecule has 0 unspecified atom stereocenters. The number of hydrogen-bond acceptors (Lipinski definition) is 7. The lowest BCUT2D eigenvalue weighted by molar-refractivity contribution is -0.122. The molecule has 1 amide bonds. The summed E-state index contributed by atoms with van der Waals surface area (Å²) in [5, 5.41) is 0.712. The van der Waals surface area contributed by atoms with Gasteiger partial charge < -0.3 is 25.8 Å². The molecule has 2 aromatic rings. The van der Waals surface area contributed by atoms with E-state index >= 15 is 0 Å². The van der Waals surface area contributed by atoms with Crippen molar-refractivity contribution in [2.45, 2.75) is 12.8 Å². The minimum atomic E-state index is -0.245. The lowest BCUT2D eigenvalue weighted by Crippen LogP contribution is -2.39. The van der Waals surface area contributed by atoms with Crippen molar-refractivity contribution in [1.82, 2.24) is 9.97 Å². The van der Waals surface area contributed by atoms with E-state index in [1.54, 1.807) is 26.4 Å². The van der Waals surface area contributed by atoms with Crippen LogP contribution < -0.4 is 25.8 Å². The molecule has 0 saturated carbocycles. The molecule has 2 heterocycles. The fourth-order valence-electron chi connectivity index (χ4n) is 2.97. The van der Waals surface area contributed by atoms with Gasteiger partial charge in [-0.3, -0.25) is 4.79 Å². The van der Waals surface area contributed by atoms with E-state index in [4.69, 9.17) is 20.9 Å². The molecule has 1 aromatic carbocycles. The van der Waals surface area contributed by atoms with Crippen molar-refractivity contribution in [3.63, 3.8) is 0 Å². The quantitative estimate of drug-likeness (QED) is 0.856. The Morgan fingerprint density at radius 2 is 1.79 bits per heavy atom. The molecular weight excluding hydrogens is 310 g/mol. The molecule has 8 heteroatoms. The minimum Gasteiger partial charge on any atom is -0.493 e. The number of aromatic nitrogens is 2. The van der Waals surface area contributed by atoms with E-state index < -0.39 is 0 Å². The lowest BCUT2D eigenvalue weighted by Gasteiger charge is -2.30. The summed E-state index contributed by atoms with van der Waals surface area (Å²) in [6.07, 6.45) is 1.39. The minimum absolute atomic E-state index is 0.0802. The zero-order chi connectivity index (χ0) is 17.3. The van der Waals surface area contributed by atoms with Crippen LogP contribution in [0.3, 0.4) is 0 Å². The Labute approximate surface area is 139 Å². The molecule has 0 atom stereocenters. The number of anilines is 2. The highest BCUT2D eigenvalue weighted by molar-refractivity contribution is 5.91. The predicted octanol–water partition coefficient (Wildman–Crippen LogP) is 0.931. The number of ether oxygens (including phenoxy) is 2. The zero-order valence-corrected chi connectivity index (χ0v) is 13.8. The van der Waals surface area contributed by atoms with Gasteiger partial charge in [0.25, 0.3) is 0 Å². The molecule has 1 aromatic heterocycles. The van der Waals surface area contributed by atoms with Crippen LogP contribution in [0.15, 0.2) is 12.1 Å². The maximum Gasteiger partial charge on any atom is 0.227 e. The third-order valence-corrected chi connectivity index (χ3v) is 4.40. The molecular formula is C16H21N5O3. The highest BCUT2D eigenvalue weighted by atomic mass is 16.5. The Morgan fingerprint density at radius 3 is 2.38 bits per heavy atom. The Hall–Kier alpha value is -2.77. The van der Waals surface area contributed by atoms with Gasteiger partial charge in [-0.2, -0.15) is 4.98 Å². The predicted molar refractivity (Wildman–Crippen MR) is 91.2 cm³/mol.